The molecule has 2 atom stereocenters. The van der Waals surface area contributed by atoms with Gasteiger partial charge in [0, 0.05) is 40.8 Å². The van der Waals surface area contributed by atoms with Gasteiger partial charge in [-0.15, -0.1) is 11.3 Å². The van der Waals surface area contributed by atoms with Gasteiger partial charge in [0.1, 0.15) is 5.01 Å². The molecule has 0 aliphatic rings. The number of aryl methyl sites for hydroxylation is 1. The van der Waals surface area contributed by atoms with E-state index in [4.69, 9.17) is 4.98 Å². The number of hydrogen-bond acceptors (Lipinski definition) is 5. The maximum absolute atomic E-state index is 10.4. The van der Waals surface area contributed by atoms with Gasteiger partial charge in [-0.05, 0) is 31.9 Å². The Morgan fingerprint density at radius 3 is 2.58 bits per heavy atom. The van der Waals surface area contributed by atoms with Crippen LogP contribution in [-0.4, -0.2) is 27.7 Å². The molecule has 2 aromatic heterocycles. The molecule has 2 heterocycles. The molecule has 0 saturated carbocycles. The van der Waals surface area contributed by atoms with Crippen molar-refractivity contribution in [3.05, 3.63) is 35.1 Å². The molecule has 24 heavy (non-hydrogen) atoms. The van der Waals surface area contributed by atoms with E-state index in [1.807, 2.05) is 18.3 Å². The third-order valence-electron chi connectivity index (χ3n) is 4.43. The highest BCUT2D eigenvalue weighted by molar-refractivity contribution is 7.15. The van der Waals surface area contributed by atoms with E-state index in [9.17, 15) is 5.11 Å². The highest BCUT2D eigenvalue weighted by Crippen LogP contribution is 2.32. The Morgan fingerprint density at radius 1 is 1.29 bits per heavy atom. The van der Waals surface area contributed by atoms with Crippen LogP contribution in [0.3, 0.4) is 0 Å². The summed E-state index contributed by atoms with van der Waals surface area (Å²) in [7, 11) is 0. The zero-order chi connectivity index (χ0) is 17.9. The van der Waals surface area contributed by atoms with Crippen LogP contribution in [0.2, 0.25) is 0 Å². The lowest BCUT2D eigenvalue weighted by Gasteiger charge is -2.34. The van der Waals surface area contributed by atoms with Gasteiger partial charge in [-0.25, -0.2) is 4.98 Å². The molecule has 0 spiro atoms. The molecule has 0 fully saturated rings. The van der Waals surface area contributed by atoms with Gasteiger partial charge in [-0.3, -0.25) is 4.98 Å². The van der Waals surface area contributed by atoms with Crippen molar-refractivity contribution in [1.82, 2.24) is 15.3 Å². The van der Waals surface area contributed by atoms with Crippen molar-refractivity contribution in [3.8, 4) is 10.6 Å². The van der Waals surface area contributed by atoms with Crippen LogP contribution in [0.15, 0.2) is 24.5 Å². The van der Waals surface area contributed by atoms with Crippen LogP contribution in [0.5, 0.6) is 0 Å². The van der Waals surface area contributed by atoms with Crippen LogP contribution in [0.25, 0.3) is 10.6 Å². The number of aliphatic hydroxyl groups excluding tert-OH is 1. The van der Waals surface area contributed by atoms with Crippen LogP contribution in [0, 0.1) is 18.3 Å². The smallest absolute Gasteiger partial charge is 0.125 e. The fourth-order valence-corrected chi connectivity index (χ4v) is 4.02. The lowest BCUT2D eigenvalue weighted by molar-refractivity contribution is 0.0124. The van der Waals surface area contributed by atoms with Gasteiger partial charge in [0.25, 0.3) is 0 Å². The van der Waals surface area contributed by atoms with Crippen LogP contribution in [0.1, 0.15) is 51.2 Å². The minimum atomic E-state index is -0.328. The molecule has 2 aromatic rings. The number of aromatic nitrogens is 2. The van der Waals surface area contributed by atoms with Crippen molar-refractivity contribution in [1.29, 1.82) is 0 Å². The summed E-state index contributed by atoms with van der Waals surface area (Å²) in [5.41, 5.74) is 1.94. The Morgan fingerprint density at radius 2 is 2.00 bits per heavy atom. The van der Waals surface area contributed by atoms with Crippen LogP contribution in [-0.2, 0) is 0 Å². The van der Waals surface area contributed by atoms with Crippen molar-refractivity contribution in [2.45, 2.75) is 53.7 Å². The third kappa shape index (κ3) is 4.41. The quantitative estimate of drug-likeness (QED) is 0.788. The van der Waals surface area contributed by atoms with E-state index in [0.29, 0.717) is 0 Å². The fourth-order valence-electron chi connectivity index (χ4n) is 2.94. The van der Waals surface area contributed by atoms with E-state index < -0.39 is 0 Å². The molecule has 0 amide bonds. The SMILES string of the molecule is Cc1nc(-c2cccnc2)sc1C(C)NCC(C)(C)C(O)C(C)C. The number of thiazole rings is 1. The maximum Gasteiger partial charge on any atom is 0.125 e. The molecule has 0 aliphatic carbocycles. The molecule has 5 heteroatoms. The predicted molar refractivity (Wildman–Crippen MR) is 101 cm³/mol. The highest BCUT2D eigenvalue weighted by Gasteiger charge is 2.30. The molecular formula is C19H29N3OS. The second-order valence-electron chi connectivity index (χ2n) is 7.49. The first-order valence-corrected chi connectivity index (χ1v) is 9.33. The normalized spacial score (nSPS) is 14.8. The van der Waals surface area contributed by atoms with E-state index >= 15 is 0 Å². The fraction of sp³-hybridized carbons (Fsp3) is 0.579. The Labute approximate surface area is 149 Å². The summed E-state index contributed by atoms with van der Waals surface area (Å²) in [6.45, 7) is 13.3. The van der Waals surface area contributed by atoms with Gasteiger partial charge < -0.3 is 10.4 Å². The first-order chi connectivity index (χ1) is 11.2. The van der Waals surface area contributed by atoms with Gasteiger partial charge in [-0.1, -0.05) is 27.7 Å². The predicted octanol–water partition coefficient (Wildman–Crippen LogP) is 4.21. The largest absolute Gasteiger partial charge is 0.392 e. The summed E-state index contributed by atoms with van der Waals surface area (Å²) >= 11 is 1.71. The first-order valence-electron chi connectivity index (χ1n) is 8.51. The van der Waals surface area contributed by atoms with Gasteiger partial charge >= 0.3 is 0 Å². The number of hydrogen-bond donors (Lipinski definition) is 2. The number of nitrogens with zero attached hydrogens (tertiary/aromatic N) is 2. The molecule has 0 aliphatic heterocycles. The molecule has 2 unspecified atom stereocenters. The number of rotatable bonds is 7. The molecule has 0 saturated heterocycles. The first kappa shape index (κ1) is 19.0. The summed E-state index contributed by atoms with van der Waals surface area (Å²) in [6.07, 6.45) is 3.30. The zero-order valence-corrected chi connectivity index (χ0v) is 16.3. The molecule has 0 aromatic carbocycles. The van der Waals surface area contributed by atoms with Gasteiger partial charge in [0.05, 0.1) is 11.8 Å². The van der Waals surface area contributed by atoms with Crippen LogP contribution in [0.4, 0.5) is 0 Å². The number of nitrogens with one attached hydrogen (secondary N) is 1. The molecular weight excluding hydrogens is 318 g/mol. The standard InChI is InChI=1S/C19H29N3OS/c1-12(2)17(23)19(5,6)11-21-13(3)16-14(4)22-18(24-16)15-8-7-9-20-10-15/h7-10,12-13,17,21,23H,11H2,1-6H3. The van der Waals surface area contributed by atoms with Crippen molar-refractivity contribution in [3.63, 3.8) is 0 Å². The average Bonchev–Trinajstić information content (AvgIpc) is 2.94. The van der Waals surface area contributed by atoms with Crippen molar-refractivity contribution >= 4 is 11.3 Å². The molecule has 0 radical (unpaired) electrons. The van der Waals surface area contributed by atoms with E-state index in [1.165, 1.54) is 4.88 Å². The minimum Gasteiger partial charge on any atom is -0.392 e. The second-order valence-corrected chi connectivity index (χ2v) is 8.52. The third-order valence-corrected chi connectivity index (χ3v) is 5.82. The Bertz CT molecular complexity index is 652. The van der Waals surface area contributed by atoms with Crippen LogP contribution < -0.4 is 5.32 Å². The lowest BCUT2D eigenvalue weighted by atomic mass is 9.80. The summed E-state index contributed by atoms with van der Waals surface area (Å²) in [4.78, 5) is 10.1. The minimum absolute atomic E-state index is 0.173. The van der Waals surface area contributed by atoms with Crippen molar-refractivity contribution in [2.24, 2.45) is 11.3 Å². The number of aliphatic hydroxyl groups is 1. The summed E-state index contributed by atoms with van der Waals surface area (Å²) in [5.74, 6) is 0.249. The number of pyridine rings is 1. The van der Waals surface area contributed by atoms with Gasteiger partial charge in [0.15, 0.2) is 0 Å². The van der Waals surface area contributed by atoms with Crippen molar-refractivity contribution in [2.75, 3.05) is 6.54 Å². The summed E-state index contributed by atoms with van der Waals surface area (Å²) < 4.78 is 0. The topological polar surface area (TPSA) is 58.0 Å². The lowest BCUT2D eigenvalue weighted by Crippen LogP contribution is -2.42. The average molecular weight is 348 g/mol. The van der Waals surface area contributed by atoms with E-state index in [0.717, 1.165) is 22.8 Å². The van der Waals surface area contributed by atoms with E-state index in [2.05, 4.69) is 51.8 Å². The van der Waals surface area contributed by atoms with Crippen LogP contribution >= 0.6 is 11.3 Å². The van der Waals surface area contributed by atoms with Gasteiger partial charge in [0.2, 0.25) is 0 Å². The maximum atomic E-state index is 10.4. The van der Waals surface area contributed by atoms with Gasteiger partial charge in [-0.2, -0.15) is 0 Å². The molecule has 2 N–H and O–H groups in total. The monoisotopic (exact) mass is 347 g/mol. The Balaban J connectivity index is 2.08. The molecule has 2 rings (SSSR count). The molecule has 132 valence electrons. The molecule has 0 bridgehead atoms. The Hall–Kier alpha value is -1.30. The van der Waals surface area contributed by atoms with E-state index in [-0.39, 0.29) is 23.5 Å². The second kappa shape index (κ2) is 7.72. The highest BCUT2D eigenvalue weighted by atomic mass is 32.1. The zero-order valence-electron chi connectivity index (χ0n) is 15.5. The Kier molecular flexibility index (Phi) is 6.12. The summed E-state index contributed by atoms with van der Waals surface area (Å²) in [6, 6.07) is 4.17. The molecule has 4 nitrogen and oxygen atoms in total. The van der Waals surface area contributed by atoms with Crippen molar-refractivity contribution < 1.29 is 5.11 Å². The van der Waals surface area contributed by atoms with E-state index in [1.54, 1.807) is 17.5 Å². The summed E-state index contributed by atoms with van der Waals surface area (Å²) in [5, 5.41) is 15.0.